The van der Waals surface area contributed by atoms with Crippen molar-refractivity contribution in [1.82, 2.24) is 0 Å². The summed E-state index contributed by atoms with van der Waals surface area (Å²) in [6, 6.07) is 8.80. The molecule has 0 atom stereocenters. The van der Waals surface area contributed by atoms with Gasteiger partial charge in [0.05, 0.1) is 0 Å². The lowest BCUT2D eigenvalue weighted by Crippen LogP contribution is -1.88. The summed E-state index contributed by atoms with van der Waals surface area (Å²) in [6.45, 7) is 9.75. The van der Waals surface area contributed by atoms with Crippen LogP contribution in [0.1, 0.15) is 37.3 Å². The van der Waals surface area contributed by atoms with Gasteiger partial charge in [-0.25, -0.2) is 0 Å². The molecule has 0 aliphatic carbocycles. The molecule has 0 aliphatic rings. The van der Waals surface area contributed by atoms with Gasteiger partial charge in [0.25, 0.3) is 0 Å². The lowest BCUT2D eigenvalue weighted by Gasteiger charge is -2.05. The highest BCUT2D eigenvalue weighted by Crippen LogP contribution is 2.15. The van der Waals surface area contributed by atoms with E-state index in [1.165, 1.54) is 11.1 Å². The number of hydrogen-bond acceptors (Lipinski definition) is 0. The van der Waals surface area contributed by atoms with Gasteiger partial charge in [-0.3, -0.25) is 0 Å². The van der Waals surface area contributed by atoms with E-state index in [9.17, 15) is 0 Å². The molecule has 0 spiro atoms. The summed E-state index contributed by atoms with van der Waals surface area (Å²) in [5.41, 5.74) is 2.77. The fourth-order valence-corrected chi connectivity index (χ4v) is 1.32. The first kappa shape index (κ1) is 10.0. The zero-order valence-corrected chi connectivity index (χ0v) is 8.46. The van der Waals surface area contributed by atoms with Gasteiger partial charge in [-0.2, -0.15) is 0 Å². The third-order valence-electron chi connectivity index (χ3n) is 2.25. The molecule has 0 heteroatoms. The molecule has 1 aromatic rings. The van der Waals surface area contributed by atoms with E-state index in [0.717, 1.165) is 12.8 Å². The molecule has 0 saturated heterocycles. The van der Waals surface area contributed by atoms with E-state index >= 15 is 0 Å². The predicted octanol–water partition coefficient (Wildman–Crippen LogP) is 3.73. The van der Waals surface area contributed by atoms with Gasteiger partial charge in [-0.1, -0.05) is 50.8 Å². The van der Waals surface area contributed by atoms with Crippen molar-refractivity contribution in [3.63, 3.8) is 0 Å². The Bertz CT molecular complexity index is 254. The van der Waals surface area contributed by atoms with Crippen LogP contribution in [-0.2, 0) is 6.42 Å². The normalized spacial score (nSPS) is 10.4. The zero-order chi connectivity index (χ0) is 9.68. The highest BCUT2D eigenvalue weighted by Gasteiger charge is 1.97. The van der Waals surface area contributed by atoms with Crippen LogP contribution in [0.4, 0.5) is 0 Å². The van der Waals surface area contributed by atoms with Crippen molar-refractivity contribution >= 4 is 0 Å². The quantitative estimate of drug-likeness (QED) is 0.650. The summed E-state index contributed by atoms with van der Waals surface area (Å²) in [4.78, 5) is 0. The Morgan fingerprint density at radius 2 is 1.85 bits per heavy atom. The van der Waals surface area contributed by atoms with E-state index in [1.807, 2.05) is 0 Å². The van der Waals surface area contributed by atoms with Gasteiger partial charge in [0.2, 0.25) is 0 Å². The van der Waals surface area contributed by atoms with E-state index in [2.05, 4.69) is 38.1 Å². The number of rotatable bonds is 4. The highest BCUT2D eigenvalue weighted by atomic mass is 14.0. The van der Waals surface area contributed by atoms with Crippen molar-refractivity contribution in [3.8, 4) is 0 Å². The minimum Gasteiger partial charge on any atom is -0.0842 e. The highest BCUT2D eigenvalue weighted by molar-refractivity contribution is 5.24. The molecular weight excluding hydrogens is 156 g/mol. The second kappa shape index (κ2) is 4.86. The largest absolute Gasteiger partial charge is 0.0842 e. The smallest absolute Gasteiger partial charge is 0.0219 e. The molecule has 0 fully saturated rings. The molecule has 0 saturated carbocycles. The first-order valence-corrected chi connectivity index (χ1v) is 4.86. The molecule has 0 amide bonds. The van der Waals surface area contributed by atoms with Crippen molar-refractivity contribution in [2.45, 2.75) is 32.6 Å². The van der Waals surface area contributed by atoms with Crippen molar-refractivity contribution in [2.75, 3.05) is 0 Å². The van der Waals surface area contributed by atoms with E-state index in [0.29, 0.717) is 5.92 Å². The summed E-state index contributed by atoms with van der Waals surface area (Å²) in [5.74, 6) is 0.620. The van der Waals surface area contributed by atoms with Gasteiger partial charge in [0.15, 0.2) is 0 Å². The van der Waals surface area contributed by atoms with Gasteiger partial charge in [0.1, 0.15) is 0 Å². The Hall–Kier alpha value is -1.04. The molecule has 0 bridgehead atoms. The Morgan fingerprint density at radius 3 is 2.31 bits per heavy atom. The molecule has 0 heterocycles. The molecular formula is C13H17. The minimum atomic E-state index is 0.620. The average Bonchev–Trinajstić information content (AvgIpc) is 2.15. The van der Waals surface area contributed by atoms with Crippen molar-refractivity contribution < 1.29 is 0 Å². The second-order valence-electron chi connectivity index (χ2n) is 3.67. The predicted molar refractivity (Wildman–Crippen MR) is 57.7 cm³/mol. The number of allylic oxidation sites excluding steroid dienone is 1. The van der Waals surface area contributed by atoms with E-state index in [4.69, 9.17) is 6.58 Å². The third-order valence-corrected chi connectivity index (χ3v) is 2.25. The van der Waals surface area contributed by atoms with Crippen LogP contribution in [0.3, 0.4) is 0 Å². The first-order chi connectivity index (χ1) is 6.24. The van der Waals surface area contributed by atoms with Crippen LogP contribution >= 0.6 is 0 Å². The van der Waals surface area contributed by atoms with Gasteiger partial charge >= 0.3 is 0 Å². The van der Waals surface area contributed by atoms with E-state index in [-0.39, 0.29) is 0 Å². The molecule has 0 aromatic heterocycles. The van der Waals surface area contributed by atoms with Gasteiger partial charge in [0, 0.05) is 0 Å². The molecule has 1 radical (unpaired) electrons. The number of benzene rings is 1. The summed E-state index contributed by atoms with van der Waals surface area (Å²) < 4.78 is 0. The summed E-state index contributed by atoms with van der Waals surface area (Å²) in [7, 11) is 0. The fourth-order valence-electron chi connectivity index (χ4n) is 1.32. The second-order valence-corrected chi connectivity index (χ2v) is 3.67. The maximum atomic E-state index is 5.33. The molecule has 0 nitrogen and oxygen atoms in total. The van der Waals surface area contributed by atoms with Crippen LogP contribution in [0.25, 0.3) is 0 Å². The number of hydrogen-bond donors (Lipinski definition) is 0. The van der Waals surface area contributed by atoms with Crippen LogP contribution in [0, 0.1) is 6.58 Å². The van der Waals surface area contributed by atoms with Crippen molar-refractivity contribution in [2.24, 2.45) is 0 Å². The summed E-state index contributed by atoms with van der Waals surface area (Å²) in [5, 5.41) is 0. The van der Waals surface area contributed by atoms with Crippen molar-refractivity contribution in [3.05, 3.63) is 48.0 Å². The van der Waals surface area contributed by atoms with Gasteiger partial charge in [-0.15, -0.1) is 0 Å². The zero-order valence-electron chi connectivity index (χ0n) is 8.46. The topological polar surface area (TPSA) is 0 Å². The monoisotopic (exact) mass is 173 g/mol. The Morgan fingerprint density at radius 1 is 1.23 bits per heavy atom. The molecule has 0 N–H and O–H groups in total. The van der Waals surface area contributed by atoms with Crippen molar-refractivity contribution in [1.29, 1.82) is 0 Å². The molecule has 0 aliphatic heterocycles. The lowest BCUT2D eigenvalue weighted by molar-refractivity contribution is 0.863. The molecule has 1 rings (SSSR count). The van der Waals surface area contributed by atoms with Crippen LogP contribution in [-0.4, -0.2) is 0 Å². The lowest BCUT2D eigenvalue weighted by atomic mass is 10.0. The van der Waals surface area contributed by atoms with Crippen LogP contribution in [0.5, 0.6) is 0 Å². The van der Waals surface area contributed by atoms with E-state index < -0.39 is 0 Å². The van der Waals surface area contributed by atoms with Crippen LogP contribution in [0.2, 0.25) is 0 Å². The van der Waals surface area contributed by atoms with Gasteiger partial charge < -0.3 is 0 Å². The molecule has 1 aromatic carbocycles. The van der Waals surface area contributed by atoms with E-state index in [1.54, 1.807) is 6.08 Å². The molecule has 13 heavy (non-hydrogen) atoms. The minimum absolute atomic E-state index is 0.620. The number of aryl methyl sites for hydroxylation is 1. The average molecular weight is 173 g/mol. The summed E-state index contributed by atoms with van der Waals surface area (Å²) >= 11 is 0. The molecule has 0 unspecified atom stereocenters. The first-order valence-electron chi connectivity index (χ1n) is 4.86. The SMILES string of the molecule is [CH]=CCCc1ccc(C(C)C)cc1. The Labute approximate surface area is 81.3 Å². The molecule has 69 valence electrons. The summed E-state index contributed by atoms with van der Waals surface area (Å²) in [6.07, 6.45) is 3.73. The van der Waals surface area contributed by atoms with Crippen LogP contribution < -0.4 is 0 Å². The fraction of sp³-hybridized carbons (Fsp3) is 0.385. The van der Waals surface area contributed by atoms with Gasteiger partial charge in [-0.05, 0) is 29.9 Å². The third kappa shape index (κ3) is 3.06. The maximum Gasteiger partial charge on any atom is -0.0219 e. The Balaban J connectivity index is 2.64. The van der Waals surface area contributed by atoms with Crippen LogP contribution in [0.15, 0.2) is 30.3 Å². The Kier molecular flexibility index (Phi) is 3.75. The standard InChI is InChI=1S/C13H17/c1-4-5-6-12-7-9-13(10-8-12)11(2)3/h1,4,7-11H,5-6H2,2-3H3. The maximum absolute atomic E-state index is 5.33.